The van der Waals surface area contributed by atoms with Gasteiger partial charge in [-0.1, -0.05) is 12.7 Å². The molecule has 1 aromatic rings. The van der Waals surface area contributed by atoms with Gasteiger partial charge in [-0.3, -0.25) is 0 Å². The molecule has 0 aliphatic carbocycles. The molecule has 1 aliphatic heterocycles. The van der Waals surface area contributed by atoms with Crippen molar-refractivity contribution in [1.82, 2.24) is 10.6 Å². The van der Waals surface area contributed by atoms with Crippen LogP contribution in [-0.2, 0) is 9.53 Å². The molecule has 0 spiro atoms. The topological polar surface area (TPSA) is 85.9 Å². The van der Waals surface area contributed by atoms with Gasteiger partial charge in [-0.2, -0.15) is 0 Å². The summed E-state index contributed by atoms with van der Waals surface area (Å²) in [5.41, 5.74) is 1.36. The number of esters is 1. The maximum absolute atomic E-state index is 12.4. The zero-order chi connectivity index (χ0) is 17.7. The van der Waals surface area contributed by atoms with Crippen molar-refractivity contribution >= 4 is 12.0 Å². The second-order valence-corrected chi connectivity index (χ2v) is 5.07. The zero-order valence-electron chi connectivity index (χ0n) is 13.8. The molecule has 7 heteroatoms. The van der Waals surface area contributed by atoms with Crippen LogP contribution in [0.5, 0.6) is 11.5 Å². The average molecular weight is 332 g/mol. The maximum Gasteiger partial charge on any atom is 0.338 e. The molecule has 0 aromatic heterocycles. The van der Waals surface area contributed by atoms with E-state index in [4.69, 9.17) is 14.2 Å². The Bertz CT molecular complexity index is 696. The average Bonchev–Trinajstić information content (AvgIpc) is 2.58. The second kappa shape index (κ2) is 7.54. The minimum atomic E-state index is -0.697. The van der Waals surface area contributed by atoms with Crippen LogP contribution in [0.4, 0.5) is 4.79 Å². The Morgan fingerprint density at radius 2 is 2.08 bits per heavy atom. The number of nitrogens with one attached hydrogen (secondary N) is 2. The normalized spacial score (nSPS) is 16.8. The lowest BCUT2D eigenvalue weighted by atomic mass is 9.94. The molecule has 2 amide bonds. The Hall–Kier alpha value is -2.96. The molecule has 1 aromatic carbocycles. The van der Waals surface area contributed by atoms with Crippen LogP contribution >= 0.6 is 0 Å². The maximum atomic E-state index is 12.4. The first kappa shape index (κ1) is 17.4. The van der Waals surface area contributed by atoms with Gasteiger partial charge in [0.15, 0.2) is 0 Å². The summed E-state index contributed by atoms with van der Waals surface area (Å²) in [5, 5.41) is 5.31. The first-order chi connectivity index (χ1) is 11.5. The summed E-state index contributed by atoms with van der Waals surface area (Å²) >= 11 is 0. The van der Waals surface area contributed by atoms with Crippen LogP contribution in [0, 0.1) is 0 Å². The number of allylic oxidation sites excluding steroid dienone is 1. The number of urea groups is 1. The highest BCUT2D eigenvalue weighted by Gasteiger charge is 2.33. The van der Waals surface area contributed by atoms with E-state index in [2.05, 4.69) is 17.2 Å². The number of carbonyl (C=O) groups is 2. The van der Waals surface area contributed by atoms with E-state index < -0.39 is 18.0 Å². The van der Waals surface area contributed by atoms with Gasteiger partial charge in [0.25, 0.3) is 0 Å². The highest BCUT2D eigenvalue weighted by Crippen LogP contribution is 2.35. The van der Waals surface area contributed by atoms with Crippen molar-refractivity contribution in [3.63, 3.8) is 0 Å². The van der Waals surface area contributed by atoms with Gasteiger partial charge < -0.3 is 24.8 Å². The Labute approximate surface area is 140 Å². The number of ether oxygens (including phenoxy) is 3. The fourth-order valence-corrected chi connectivity index (χ4v) is 2.47. The van der Waals surface area contributed by atoms with Crippen molar-refractivity contribution in [3.05, 3.63) is 47.7 Å². The highest BCUT2D eigenvalue weighted by atomic mass is 16.5. The summed E-state index contributed by atoms with van der Waals surface area (Å²) in [6.07, 6.45) is 1.48. The van der Waals surface area contributed by atoms with E-state index in [1.165, 1.54) is 13.2 Å². The second-order valence-electron chi connectivity index (χ2n) is 5.07. The molecular weight excluding hydrogens is 312 g/mol. The molecule has 2 rings (SSSR count). The van der Waals surface area contributed by atoms with Crippen molar-refractivity contribution in [1.29, 1.82) is 0 Å². The van der Waals surface area contributed by atoms with Crippen LogP contribution < -0.4 is 20.1 Å². The molecular formula is C17H20N2O5. The van der Waals surface area contributed by atoms with Gasteiger partial charge in [0.1, 0.15) is 18.1 Å². The lowest BCUT2D eigenvalue weighted by Crippen LogP contribution is -2.45. The molecule has 0 unspecified atom stereocenters. The summed E-state index contributed by atoms with van der Waals surface area (Å²) in [4.78, 5) is 24.3. The van der Waals surface area contributed by atoms with Gasteiger partial charge in [-0.15, -0.1) is 0 Å². The summed E-state index contributed by atoms with van der Waals surface area (Å²) in [6, 6.07) is 4.05. The number of rotatable bonds is 6. The number of benzene rings is 1. The van der Waals surface area contributed by atoms with Crippen molar-refractivity contribution < 1.29 is 23.8 Å². The zero-order valence-corrected chi connectivity index (χ0v) is 13.8. The molecule has 0 saturated carbocycles. The minimum Gasteiger partial charge on any atom is -0.497 e. The summed E-state index contributed by atoms with van der Waals surface area (Å²) in [6.45, 7) is 5.24. The lowest BCUT2D eigenvalue weighted by molar-refractivity contribution is -0.138. The van der Waals surface area contributed by atoms with E-state index in [-0.39, 0.29) is 6.61 Å². The number of carbonyl (C=O) groups excluding carboxylic acids is 2. The standard InChI is InChI=1S/C17H20N2O5/c1-5-8-24-16(20)14-10(2)18-17(21)19-15(14)12-7-6-11(22-3)9-13(12)23-4/h5-7,9,15H,1,8H2,2-4H3,(H2,18,19,21)/t15-/m1/s1. The molecule has 24 heavy (non-hydrogen) atoms. The van der Waals surface area contributed by atoms with Crippen LogP contribution in [-0.4, -0.2) is 32.8 Å². The van der Waals surface area contributed by atoms with Crippen LogP contribution in [0.3, 0.4) is 0 Å². The van der Waals surface area contributed by atoms with Gasteiger partial charge in [0.05, 0.1) is 25.8 Å². The lowest BCUT2D eigenvalue weighted by Gasteiger charge is -2.29. The molecule has 0 bridgehead atoms. The van der Waals surface area contributed by atoms with Crippen molar-refractivity contribution in [2.24, 2.45) is 0 Å². The number of amides is 2. The van der Waals surface area contributed by atoms with Crippen molar-refractivity contribution in [2.75, 3.05) is 20.8 Å². The van der Waals surface area contributed by atoms with Crippen LogP contribution in [0.2, 0.25) is 0 Å². The van der Waals surface area contributed by atoms with E-state index >= 15 is 0 Å². The SMILES string of the molecule is C=CCOC(=O)C1=C(C)NC(=O)N[C@@H]1c1ccc(OC)cc1OC. The molecule has 2 N–H and O–H groups in total. The third-order valence-electron chi connectivity index (χ3n) is 3.57. The molecule has 1 heterocycles. The third-order valence-corrected chi connectivity index (χ3v) is 3.57. The van der Waals surface area contributed by atoms with Crippen LogP contribution in [0.25, 0.3) is 0 Å². The fraction of sp³-hybridized carbons (Fsp3) is 0.294. The first-order valence-corrected chi connectivity index (χ1v) is 7.30. The predicted molar refractivity (Wildman–Crippen MR) is 87.8 cm³/mol. The van der Waals surface area contributed by atoms with Crippen LogP contribution in [0.15, 0.2) is 42.1 Å². The smallest absolute Gasteiger partial charge is 0.338 e. The van der Waals surface area contributed by atoms with E-state index in [0.29, 0.717) is 28.3 Å². The molecule has 0 radical (unpaired) electrons. The van der Waals surface area contributed by atoms with Gasteiger partial charge in [0, 0.05) is 17.3 Å². The van der Waals surface area contributed by atoms with E-state index in [0.717, 1.165) is 0 Å². The predicted octanol–water partition coefficient (Wildman–Crippen LogP) is 2.06. The van der Waals surface area contributed by atoms with E-state index in [1.807, 2.05) is 0 Å². The van der Waals surface area contributed by atoms with Crippen molar-refractivity contribution in [2.45, 2.75) is 13.0 Å². The van der Waals surface area contributed by atoms with Crippen LogP contribution in [0.1, 0.15) is 18.5 Å². The largest absolute Gasteiger partial charge is 0.497 e. The fourth-order valence-electron chi connectivity index (χ4n) is 2.47. The number of hydrogen-bond donors (Lipinski definition) is 2. The Morgan fingerprint density at radius 3 is 2.71 bits per heavy atom. The van der Waals surface area contributed by atoms with E-state index in [1.54, 1.807) is 32.2 Å². The van der Waals surface area contributed by atoms with Gasteiger partial charge in [0.2, 0.25) is 0 Å². The molecule has 0 fully saturated rings. The Morgan fingerprint density at radius 1 is 1.33 bits per heavy atom. The molecule has 1 atom stereocenters. The van der Waals surface area contributed by atoms with Gasteiger partial charge >= 0.3 is 12.0 Å². The van der Waals surface area contributed by atoms with E-state index in [9.17, 15) is 9.59 Å². The molecule has 1 aliphatic rings. The Kier molecular flexibility index (Phi) is 5.47. The number of hydrogen-bond acceptors (Lipinski definition) is 5. The number of methoxy groups -OCH3 is 2. The monoisotopic (exact) mass is 332 g/mol. The van der Waals surface area contributed by atoms with Crippen molar-refractivity contribution in [3.8, 4) is 11.5 Å². The quantitative estimate of drug-likeness (QED) is 0.615. The summed E-state index contributed by atoms with van der Waals surface area (Å²) in [5.74, 6) is 0.554. The summed E-state index contributed by atoms with van der Waals surface area (Å²) < 4.78 is 15.7. The molecule has 7 nitrogen and oxygen atoms in total. The Balaban J connectivity index is 2.48. The molecule has 128 valence electrons. The first-order valence-electron chi connectivity index (χ1n) is 7.30. The van der Waals surface area contributed by atoms with Gasteiger partial charge in [-0.05, 0) is 19.1 Å². The molecule has 0 saturated heterocycles. The van der Waals surface area contributed by atoms with Gasteiger partial charge in [-0.25, -0.2) is 9.59 Å². The summed E-state index contributed by atoms with van der Waals surface area (Å²) in [7, 11) is 3.05. The third kappa shape index (κ3) is 3.51. The highest BCUT2D eigenvalue weighted by molar-refractivity contribution is 5.95. The minimum absolute atomic E-state index is 0.0794.